The molecular weight excluding hydrogens is 477 g/mol. The van der Waals surface area contributed by atoms with Crippen molar-refractivity contribution in [2.75, 3.05) is 57.9 Å². The number of anilines is 1. The quantitative estimate of drug-likeness (QED) is 0.554. The van der Waals surface area contributed by atoms with Gasteiger partial charge in [0.25, 0.3) is 5.91 Å². The molecule has 37 heavy (non-hydrogen) atoms. The number of benzene rings is 1. The second kappa shape index (κ2) is 9.96. The third kappa shape index (κ3) is 4.55. The van der Waals surface area contributed by atoms with Gasteiger partial charge in [0.2, 0.25) is 0 Å². The number of hydrogen-bond donors (Lipinski definition) is 1. The Bertz CT molecular complexity index is 1300. The average Bonchev–Trinajstić information content (AvgIpc) is 3.30. The summed E-state index contributed by atoms with van der Waals surface area (Å²) < 4.78 is 28.1. The van der Waals surface area contributed by atoms with Gasteiger partial charge in [0, 0.05) is 37.5 Å². The molecule has 11 heteroatoms. The third-order valence-electron chi connectivity index (χ3n) is 7.85. The van der Waals surface area contributed by atoms with E-state index in [2.05, 4.69) is 44.3 Å². The topological polar surface area (TPSA) is 97.6 Å². The number of nitrogens with one attached hydrogen (secondary N) is 1. The van der Waals surface area contributed by atoms with Crippen molar-refractivity contribution in [1.29, 1.82) is 0 Å². The molecule has 1 amide bonds. The number of halogens is 1. The van der Waals surface area contributed by atoms with Crippen LogP contribution < -0.4 is 10.2 Å². The summed E-state index contributed by atoms with van der Waals surface area (Å²) in [6.45, 7) is 6.25. The smallest absolute Gasteiger partial charge is 0.250 e. The monoisotopic (exact) mass is 509 g/mol. The number of carbonyl (C=O) groups is 1. The summed E-state index contributed by atoms with van der Waals surface area (Å²) in [5.41, 5.74) is 3.00. The maximum Gasteiger partial charge on any atom is 0.250 e. The van der Waals surface area contributed by atoms with Crippen molar-refractivity contribution in [2.45, 2.75) is 37.6 Å². The Morgan fingerprint density at radius 1 is 1.14 bits per heavy atom. The lowest BCUT2D eigenvalue weighted by Crippen LogP contribution is -2.54. The van der Waals surface area contributed by atoms with E-state index in [0.29, 0.717) is 57.1 Å². The van der Waals surface area contributed by atoms with E-state index in [-0.39, 0.29) is 11.8 Å². The third-order valence-corrected chi connectivity index (χ3v) is 7.85. The van der Waals surface area contributed by atoms with Crippen LogP contribution in [-0.2, 0) is 14.3 Å². The normalized spacial score (nSPS) is 25.3. The molecule has 2 aromatic heterocycles. The molecule has 0 spiro atoms. The zero-order chi connectivity index (χ0) is 25.5. The van der Waals surface area contributed by atoms with Gasteiger partial charge in [-0.05, 0) is 43.1 Å². The molecule has 0 saturated carbocycles. The van der Waals surface area contributed by atoms with Crippen molar-refractivity contribution in [3.05, 3.63) is 41.9 Å². The molecule has 5 heterocycles. The summed E-state index contributed by atoms with van der Waals surface area (Å²) in [5.74, 6) is 1.02. The van der Waals surface area contributed by atoms with E-state index in [1.807, 2.05) is 17.2 Å². The number of carbonyl (C=O) groups excluding carboxylic acids is 1. The molecule has 3 saturated heterocycles. The Morgan fingerprint density at radius 3 is 2.73 bits per heavy atom. The van der Waals surface area contributed by atoms with E-state index in [9.17, 15) is 4.79 Å². The molecule has 0 aliphatic carbocycles. The van der Waals surface area contributed by atoms with Gasteiger partial charge < -0.3 is 19.7 Å². The van der Waals surface area contributed by atoms with Gasteiger partial charge in [0.1, 0.15) is 18.3 Å². The highest BCUT2D eigenvalue weighted by Crippen LogP contribution is 2.36. The van der Waals surface area contributed by atoms with Gasteiger partial charge in [-0.2, -0.15) is 5.10 Å². The minimum absolute atomic E-state index is 0.152. The summed E-state index contributed by atoms with van der Waals surface area (Å²) in [4.78, 5) is 25.3. The molecular formula is C26H32FN7O3. The Labute approximate surface area is 214 Å². The Morgan fingerprint density at radius 2 is 1.97 bits per heavy atom. The molecule has 3 atom stereocenters. The minimum Gasteiger partial charge on any atom is -0.378 e. The van der Waals surface area contributed by atoms with Crippen LogP contribution in [0.4, 0.5) is 10.2 Å². The molecule has 0 unspecified atom stereocenters. The summed E-state index contributed by atoms with van der Waals surface area (Å²) in [6.07, 6.45) is 2.62. The first kappa shape index (κ1) is 24.2. The fourth-order valence-corrected chi connectivity index (χ4v) is 5.63. The summed E-state index contributed by atoms with van der Waals surface area (Å²) >= 11 is 0. The number of morpholine rings is 1. The highest BCUT2D eigenvalue weighted by molar-refractivity contribution is 5.82. The van der Waals surface area contributed by atoms with Gasteiger partial charge in [-0.1, -0.05) is 0 Å². The number of likely N-dealkylation sites (tertiary alicyclic amines) is 1. The molecule has 1 aromatic carbocycles. The number of fused-ring (bicyclic) bond motifs is 1. The van der Waals surface area contributed by atoms with Gasteiger partial charge in [-0.15, -0.1) is 0 Å². The van der Waals surface area contributed by atoms with E-state index in [4.69, 9.17) is 9.47 Å². The number of alkyl halides is 1. The molecule has 3 aromatic rings. The van der Waals surface area contributed by atoms with Crippen LogP contribution in [0, 0.1) is 6.92 Å². The van der Waals surface area contributed by atoms with Crippen molar-refractivity contribution in [3.8, 4) is 5.82 Å². The van der Waals surface area contributed by atoms with Crippen LogP contribution in [0.5, 0.6) is 0 Å². The van der Waals surface area contributed by atoms with E-state index < -0.39 is 12.3 Å². The van der Waals surface area contributed by atoms with Crippen LogP contribution in [0.3, 0.4) is 0 Å². The van der Waals surface area contributed by atoms with Gasteiger partial charge in [-0.3, -0.25) is 9.69 Å². The first-order chi connectivity index (χ1) is 18.0. The predicted molar refractivity (Wildman–Crippen MR) is 136 cm³/mol. The van der Waals surface area contributed by atoms with Crippen LogP contribution >= 0.6 is 0 Å². The lowest BCUT2D eigenvalue weighted by molar-refractivity contribution is -0.132. The standard InChI is InChI=1S/C26H32FN7O3/c1-16-7-17-10-31-34(22(17)8-20(16)19-3-4-32(11-21(19)27)18-13-36-14-18)25-9-24(29-15-30-25)33-5-6-37-23(12-33)26(35)28-2/h7-10,15,18-19,21,23H,3-6,11-14H2,1-2H3,(H,28,35)/t19-,21-,23+/m0/s1. The molecule has 3 aliphatic heterocycles. The zero-order valence-corrected chi connectivity index (χ0v) is 21.1. The highest BCUT2D eigenvalue weighted by atomic mass is 19.1. The summed E-state index contributed by atoms with van der Waals surface area (Å²) in [6, 6.07) is 6.39. The number of nitrogens with zero attached hydrogens (tertiary/aromatic N) is 6. The lowest BCUT2D eigenvalue weighted by Gasteiger charge is -2.43. The van der Waals surface area contributed by atoms with Crippen LogP contribution in [-0.4, -0.2) is 102 Å². The minimum atomic E-state index is -0.929. The van der Waals surface area contributed by atoms with Gasteiger partial charge in [0.15, 0.2) is 11.9 Å². The number of likely N-dealkylation sites (N-methyl/N-ethyl adjacent to an activating group) is 1. The fraction of sp³-hybridized carbons (Fsp3) is 0.538. The number of aromatic nitrogens is 4. The van der Waals surface area contributed by atoms with Crippen LogP contribution in [0.15, 0.2) is 30.7 Å². The molecule has 3 aliphatic rings. The van der Waals surface area contributed by atoms with E-state index in [1.54, 1.807) is 11.7 Å². The summed E-state index contributed by atoms with van der Waals surface area (Å²) in [7, 11) is 1.60. The fourth-order valence-electron chi connectivity index (χ4n) is 5.63. The van der Waals surface area contributed by atoms with E-state index in [1.165, 1.54) is 6.33 Å². The van der Waals surface area contributed by atoms with Crippen LogP contribution in [0.1, 0.15) is 23.5 Å². The average molecular weight is 510 g/mol. The first-order valence-electron chi connectivity index (χ1n) is 12.9. The zero-order valence-electron chi connectivity index (χ0n) is 21.1. The number of piperidine rings is 1. The number of hydrogen-bond acceptors (Lipinski definition) is 8. The van der Waals surface area contributed by atoms with Gasteiger partial charge in [0.05, 0.1) is 44.1 Å². The van der Waals surface area contributed by atoms with Crippen molar-refractivity contribution >= 4 is 22.6 Å². The SMILES string of the molecule is CNC(=O)[C@H]1CN(c2cc(-n3ncc4cc(C)c([C@@H]5CCN(C6COC6)C[C@@H]5F)cc43)ncn2)CCO1. The number of aryl methyl sites for hydroxylation is 1. The summed E-state index contributed by atoms with van der Waals surface area (Å²) in [5, 5.41) is 8.23. The maximum atomic E-state index is 15.4. The lowest BCUT2D eigenvalue weighted by atomic mass is 9.84. The van der Waals surface area contributed by atoms with Crippen LogP contribution in [0.25, 0.3) is 16.7 Å². The first-order valence-corrected chi connectivity index (χ1v) is 12.9. The molecule has 0 radical (unpaired) electrons. The predicted octanol–water partition coefficient (Wildman–Crippen LogP) is 1.60. The largest absolute Gasteiger partial charge is 0.378 e. The second-order valence-electron chi connectivity index (χ2n) is 10.1. The molecule has 10 nitrogen and oxygen atoms in total. The molecule has 1 N–H and O–H groups in total. The molecule has 3 fully saturated rings. The number of rotatable bonds is 5. The van der Waals surface area contributed by atoms with Crippen molar-refractivity contribution in [3.63, 3.8) is 0 Å². The Balaban J connectivity index is 1.28. The van der Waals surface area contributed by atoms with Gasteiger partial charge in [-0.25, -0.2) is 19.0 Å². The molecule has 196 valence electrons. The Hall–Kier alpha value is -3.15. The number of amides is 1. The van der Waals surface area contributed by atoms with E-state index >= 15 is 4.39 Å². The second-order valence-corrected chi connectivity index (χ2v) is 10.1. The Kier molecular flexibility index (Phi) is 6.51. The van der Waals surface area contributed by atoms with Crippen molar-refractivity contribution in [1.82, 2.24) is 30.0 Å². The highest BCUT2D eigenvalue weighted by Gasteiger charge is 2.36. The van der Waals surface area contributed by atoms with E-state index in [0.717, 1.165) is 35.0 Å². The molecule has 0 bridgehead atoms. The van der Waals surface area contributed by atoms with Gasteiger partial charge >= 0.3 is 0 Å². The van der Waals surface area contributed by atoms with Crippen molar-refractivity contribution in [2.24, 2.45) is 0 Å². The van der Waals surface area contributed by atoms with Crippen molar-refractivity contribution < 1.29 is 18.7 Å². The van der Waals surface area contributed by atoms with Crippen LogP contribution in [0.2, 0.25) is 0 Å². The maximum absolute atomic E-state index is 15.4. The number of ether oxygens (including phenoxy) is 2. The molecule has 6 rings (SSSR count).